The van der Waals surface area contributed by atoms with E-state index in [4.69, 9.17) is 14.2 Å². The molecule has 1 atom stereocenters. The third kappa shape index (κ3) is 3.78. The molecule has 4 aromatic rings. The number of para-hydroxylation sites is 2. The summed E-state index contributed by atoms with van der Waals surface area (Å²) in [5.74, 6) is -0.949. The van der Waals surface area contributed by atoms with Gasteiger partial charge in [-0.15, -0.1) is 0 Å². The standard InChI is InChI=1S/C28H23N3O7/c1-2-36-21-13-15(7-9-19(21)32)24-23(25(33)16-8-10-20-22(14-16)38-12-11-37-20)26(34)27(35)31(24)28-29-17-5-3-4-6-18(17)30-28/h3-10,13-14,24,32-33H,2,11-12H2,1H3,(H,29,30)/b25-23+. The fourth-order valence-electron chi connectivity index (χ4n) is 4.74. The lowest BCUT2D eigenvalue weighted by atomic mass is 9.95. The van der Waals surface area contributed by atoms with E-state index in [1.165, 1.54) is 11.0 Å². The molecule has 10 nitrogen and oxygen atoms in total. The van der Waals surface area contributed by atoms with Crippen molar-refractivity contribution in [2.24, 2.45) is 0 Å². The zero-order valence-corrected chi connectivity index (χ0v) is 20.3. The molecule has 2 aliphatic rings. The largest absolute Gasteiger partial charge is 0.507 e. The normalized spacial score (nSPS) is 18.2. The van der Waals surface area contributed by atoms with Gasteiger partial charge in [-0.2, -0.15) is 0 Å². The van der Waals surface area contributed by atoms with Crippen molar-refractivity contribution in [2.75, 3.05) is 24.7 Å². The van der Waals surface area contributed by atoms with Crippen LogP contribution >= 0.6 is 0 Å². The number of aromatic hydroxyl groups is 1. The molecule has 3 N–H and O–H groups in total. The van der Waals surface area contributed by atoms with E-state index in [1.54, 1.807) is 49.4 Å². The minimum absolute atomic E-state index is 0.0943. The predicted octanol–water partition coefficient (Wildman–Crippen LogP) is 4.06. The molecule has 10 heteroatoms. The Bertz CT molecular complexity index is 1590. The highest BCUT2D eigenvalue weighted by Crippen LogP contribution is 2.44. The fraction of sp³-hybridized carbons (Fsp3) is 0.179. The first-order valence-electron chi connectivity index (χ1n) is 12.1. The molecule has 2 aliphatic heterocycles. The number of aliphatic hydroxyl groups is 1. The van der Waals surface area contributed by atoms with Crippen molar-refractivity contribution in [3.05, 3.63) is 77.4 Å². The number of hydrogen-bond donors (Lipinski definition) is 3. The topological polar surface area (TPSA) is 134 Å². The number of benzene rings is 3. The molecule has 0 bridgehead atoms. The first kappa shape index (κ1) is 23.4. The van der Waals surface area contributed by atoms with E-state index in [1.807, 2.05) is 12.1 Å². The number of fused-ring (bicyclic) bond motifs is 2. The van der Waals surface area contributed by atoms with Gasteiger partial charge in [0.15, 0.2) is 23.0 Å². The SMILES string of the molecule is CCOc1cc(C2/C(=C(\O)c3ccc4c(c3)OCCO4)C(=O)C(=O)N2c2nc3ccccc3[nH]2)ccc1O. The van der Waals surface area contributed by atoms with Gasteiger partial charge in [-0.05, 0) is 55.0 Å². The maximum Gasteiger partial charge on any atom is 0.302 e. The number of rotatable bonds is 5. The van der Waals surface area contributed by atoms with Crippen LogP contribution in [0.15, 0.2) is 66.2 Å². The van der Waals surface area contributed by atoms with E-state index < -0.39 is 17.7 Å². The third-order valence-electron chi connectivity index (χ3n) is 6.46. The number of amides is 1. The molecule has 0 spiro atoms. The van der Waals surface area contributed by atoms with E-state index in [9.17, 15) is 19.8 Å². The van der Waals surface area contributed by atoms with Crippen molar-refractivity contribution in [1.82, 2.24) is 9.97 Å². The summed E-state index contributed by atoms with van der Waals surface area (Å²) in [4.78, 5) is 35.8. The van der Waals surface area contributed by atoms with Crippen LogP contribution in [0.1, 0.15) is 24.1 Å². The highest BCUT2D eigenvalue weighted by Gasteiger charge is 2.48. The Hall–Kier alpha value is -4.99. The van der Waals surface area contributed by atoms with Gasteiger partial charge >= 0.3 is 5.91 Å². The number of nitrogens with zero attached hydrogens (tertiary/aromatic N) is 2. The Morgan fingerprint density at radius 2 is 1.87 bits per heavy atom. The van der Waals surface area contributed by atoms with Crippen LogP contribution < -0.4 is 19.1 Å². The number of carbonyl (C=O) groups excluding carboxylic acids is 2. The number of ketones is 1. The second-order valence-corrected chi connectivity index (χ2v) is 8.77. The number of anilines is 1. The lowest BCUT2D eigenvalue weighted by molar-refractivity contribution is -0.132. The van der Waals surface area contributed by atoms with E-state index in [-0.39, 0.29) is 40.9 Å². The minimum Gasteiger partial charge on any atom is -0.507 e. The molecule has 38 heavy (non-hydrogen) atoms. The molecule has 1 fully saturated rings. The molecule has 0 aliphatic carbocycles. The molecule has 192 valence electrons. The van der Waals surface area contributed by atoms with Crippen LogP contribution in [0.25, 0.3) is 16.8 Å². The molecule has 3 heterocycles. The third-order valence-corrected chi connectivity index (χ3v) is 6.46. The number of nitrogens with one attached hydrogen (secondary N) is 1. The van der Waals surface area contributed by atoms with Crippen LogP contribution in [-0.2, 0) is 9.59 Å². The molecule has 1 amide bonds. The molecular formula is C28H23N3O7. The van der Waals surface area contributed by atoms with E-state index in [0.717, 1.165) is 0 Å². The molecule has 1 saturated heterocycles. The summed E-state index contributed by atoms with van der Waals surface area (Å²) in [6.45, 7) is 2.82. The quantitative estimate of drug-likeness (QED) is 0.207. The van der Waals surface area contributed by atoms with Crippen molar-refractivity contribution in [3.8, 4) is 23.0 Å². The Morgan fingerprint density at radius 3 is 2.66 bits per heavy atom. The summed E-state index contributed by atoms with van der Waals surface area (Å²) in [6, 6.07) is 15.5. The van der Waals surface area contributed by atoms with Crippen molar-refractivity contribution >= 4 is 34.4 Å². The number of aliphatic hydroxyl groups excluding tert-OH is 1. The van der Waals surface area contributed by atoms with Gasteiger partial charge in [-0.1, -0.05) is 18.2 Å². The number of H-pyrrole nitrogens is 1. The van der Waals surface area contributed by atoms with Crippen LogP contribution in [0.2, 0.25) is 0 Å². The number of imidazole rings is 1. The number of phenolic OH excluding ortho intramolecular Hbond substituents is 1. The predicted molar refractivity (Wildman–Crippen MR) is 138 cm³/mol. The molecule has 1 aromatic heterocycles. The van der Waals surface area contributed by atoms with Gasteiger partial charge < -0.3 is 29.4 Å². The van der Waals surface area contributed by atoms with Crippen LogP contribution in [0, 0.1) is 0 Å². The van der Waals surface area contributed by atoms with Crippen LogP contribution in [-0.4, -0.2) is 51.7 Å². The van der Waals surface area contributed by atoms with Crippen LogP contribution in [0.5, 0.6) is 23.0 Å². The summed E-state index contributed by atoms with van der Waals surface area (Å²) in [5.41, 5.74) is 1.86. The molecule has 0 radical (unpaired) electrons. The lowest BCUT2D eigenvalue weighted by Crippen LogP contribution is -2.30. The number of carbonyl (C=O) groups is 2. The first-order chi connectivity index (χ1) is 18.5. The van der Waals surface area contributed by atoms with Gasteiger partial charge in [0.05, 0.1) is 29.3 Å². The van der Waals surface area contributed by atoms with Crippen LogP contribution in [0.3, 0.4) is 0 Å². The summed E-state index contributed by atoms with van der Waals surface area (Å²) in [5, 5.41) is 21.7. The number of ether oxygens (including phenoxy) is 3. The maximum absolute atomic E-state index is 13.5. The van der Waals surface area contributed by atoms with Crippen molar-refractivity contribution in [3.63, 3.8) is 0 Å². The zero-order valence-electron chi connectivity index (χ0n) is 20.3. The number of Topliss-reactive ketones (excluding diaryl/α,β-unsaturated/α-hetero) is 1. The average molecular weight is 514 g/mol. The van der Waals surface area contributed by atoms with E-state index >= 15 is 0 Å². The number of phenols is 1. The van der Waals surface area contributed by atoms with Crippen molar-refractivity contribution < 1.29 is 34.0 Å². The first-order valence-corrected chi connectivity index (χ1v) is 12.1. The van der Waals surface area contributed by atoms with Gasteiger partial charge in [0, 0.05) is 5.56 Å². The van der Waals surface area contributed by atoms with Gasteiger partial charge in [0.25, 0.3) is 5.78 Å². The van der Waals surface area contributed by atoms with Gasteiger partial charge in [-0.3, -0.25) is 14.5 Å². The Kier molecular flexibility index (Phi) is 5.64. The second-order valence-electron chi connectivity index (χ2n) is 8.77. The van der Waals surface area contributed by atoms with Crippen molar-refractivity contribution in [1.29, 1.82) is 0 Å². The molecule has 6 rings (SSSR count). The summed E-state index contributed by atoms with van der Waals surface area (Å²) < 4.78 is 16.7. The van der Waals surface area contributed by atoms with Crippen LogP contribution in [0.4, 0.5) is 5.95 Å². The molecule has 3 aromatic carbocycles. The molecular weight excluding hydrogens is 490 g/mol. The Morgan fingerprint density at radius 1 is 1.08 bits per heavy atom. The lowest BCUT2D eigenvalue weighted by Gasteiger charge is -2.24. The average Bonchev–Trinajstić information content (AvgIpc) is 3.47. The Labute approximate surface area is 216 Å². The summed E-state index contributed by atoms with van der Waals surface area (Å²) in [6.07, 6.45) is 0. The molecule has 0 saturated carbocycles. The second kappa shape index (κ2) is 9.15. The minimum atomic E-state index is -1.07. The van der Waals surface area contributed by atoms with Gasteiger partial charge in [-0.25, -0.2) is 4.98 Å². The van der Waals surface area contributed by atoms with Gasteiger partial charge in [0.2, 0.25) is 5.95 Å². The maximum atomic E-state index is 13.5. The van der Waals surface area contributed by atoms with E-state index in [2.05, 4.69) is 9.97 Å². The highest BCUT2D eigenvalue weighted by atomic mass is 16.6. The summed E-state index contributed by atoms with van der Waals surface area (Å²) in [7, 11) is 0. The summed E-state index contributed by atoms with van der Waals surface area (Å²) >= 11 is 0. The fourth-order valence-corrected chi connectivity index (χ4v) is 4.74. The molecule has 1 unspecified atom stereocenters. The highest BCUT2D eigenvalue weighted by molar-refractivity contribution is 6.51. The van der Waals surface area contributed by atoms with E-state index in [0.29, 0.717) is 41.3 Å². The van der Waals surface area contributed by atoms with Crippen molar-refractivity contribution in [2.45, 2.75) is 13.0 Å². The smallest absolute Gasteiger partial charge is 0.302 e. The number of aromatic nitrogens is 2. The monoisotopic (exact) mass is 513 g/mol. The van der Waals surface area contributed by atoms with Gasteiger partial charge in [0.1, 0.15) is 19.0 Å². The zero-order chi connectivity index (χ0) is 26.4. The number of aromatic amines is 1. The number of hydrogen-bond acceptors (Lipinski definition) is 8. The Balaban J connectivity index is 1.55.